The number of thiophene rings is 1. The standard InChI is InChI=1S/C16H19ClN2OS/c1-4-18-13-6-5-12(9-10(13)2)16(20)19-11(3)14-7-8-15(17)21-14/h5-9,11,18H,4H2,1-3H3,(H,19,20). The highest BCUT2D eigenvalue weighted by molar-refractivity contribution is 7.16. The van der Waals surface area contributed by atoms with Gasteiger partial charge in [0.25, 0.3) is 5.91 Å². The molecule has 1 heterocycles. The second-order valence-corrected chi connectivity index (χ2v) is 6.64. The van der Waals surface area contributed by atoms with Crippen molar-refractivity contribution in [1.29, 1.82) is 0 Å². The number of hydrogen-bond donors (Lipinski definition) is 2. The van der Waals surface area contributed by atoms with Gasteiger partial charge in [-0.2, -0.15) is 0 Å². The molecule has 0 saturated heterocycles. The highest BCUT2D eigenvalue weighted by atomic mass is 35.5. The summed E-state index contributed by atoms with van der Waals surface area (Å²) in [5.41, 5.74) is 2.80. The van der Waals surface area contributed by atoms with Gasteiger partial charge in [0.1, 0.15) is 0 Å². The van der Waals surface area contributed by atoms with Crippen LogP contribution in [0.4, 0.5) is 5.69 Å². The Labute approximate surface area is 134 Å². The minimum atomic E-state index is -0.0711. The molecule has 0 spiro atoms. The van der Waals surface area contributed by atoms with Gasteiger partial charge >= 0.3 is 0 Å². The van der Waals surface area contributed by atoms with Gasteiger partial charge in [-0.1, -0.05) is 11.6 Å². The molecule has 0 saturated carbocycles. The van der Waals surface area contributed by atoms with Crippen LogP contribution in [0.15, 0.2) is 30.3 Å². The molecule has 21 heavy (non-hydrogen) atoms. The van der Waals surface area contributed by atoms with Gasteiger partial charge in [0.15, 0.2) is 0 Å². The van der Waals surface area contributed by atoms with Gasteiger partial charge in [-0.25, -0.2) is 0 Å². The van der Waals surface area contributed by atoms with E-state index in [1.807, 2.05) is 51.1 Å². The van der Waals surface area contributed by atoms with Crippen molar-refractivity contribution in [3.05, 3.63) is 50.7 Å². The summed E-state index contributed by atoms with van der Waals surface area (Å²) in [4.78, 5) is 13.3. The highest BCUT2D eigenvalue weighted by Crippen LogP contribution is 2.27. The molecule has 3 nitrogen and oxygen atoms in total. The van der Waals surface area contributed by atoms with Crippen LogP contribution in [0.1, 0.15) is 40.7 Å². The van der Waals surface area contributed by atoms with Crippen LogP contribution in [0.3, 0.4) is 0 Å². The molecule has 1 aromatic heterocycles. The van der Waals surface area contributed by atoms with Crippen molar-refractivity contribution < 1.29 is 4.79 Å². The van der Waals surface area contributed by atoms with Gasteiger partial charge in [-0.3, -0.25) is 4.79 Å². The number of halogens is 1. The number of aryl methyl sites for hydroxylation is 1. The van der Waals surface area contributed by atoms with Crippen LogP contribution in [-0.4, -0.2) is 12.5 Å². The average molecular weight is 323 g/mol. The molecule has 2 N–H and O–H groups in total. The van der Waals surface area contributed by atoms with Gasteiger partial charge in [0.2, 0.25) is 0 Å². The Balaban J connectivity index is 2.08. The molecule has 0 radical (unpaired) electrons. The predicted octanol–water partition coefficient (Wildman–Crippen LogP) is 4.63. The predicted molar refractivity (Wildman–Crippen MR) is 90.6 cm³/mol. The smallest absolute Gasteiger partial charge is 0.251 e. The second kappa shape index (κ2) is 6.96. The summed E-state index contributed by atoms with van der Waals surface area (Å²) in [7, 11) is 0. The van der Waals surface area contributed by atoms with Crippen LogP contribution < -0.4 is 10.6 Å². The molecule has 1 atom stereocenters. The van der Waals surface area contributed by atoms with E-state index in [1.165, 1.54) is 11.3 Å². The van der Waals surface area contributed by atoms with E-state index in [0.717, 1.165) is 27.0 Å². The Morgan fingerprint density at radius 3 is 2.67 bits per heavy atom. The summed E-state index contributed by atoms with van der Waals surface area (Å²) in [6.45, 7) is 6.87. The molecular weight excluding hydrogens is 304 g/mol. The zero-order valence-corrected chi connectivity index (χ0v) is 13.9. The Morgan fingerprint density at radius 1 is 1.33 bits per heavy atom. The largest absolute Gasteiger partial charge is 0.385 e. The lowest BCUT2D eigenvalue weighted by Crippen LogP contribution is -2.26. The Kier molecular flexibility index (Phi) is 5.26. The summed E-state index contributed by atoms with van der Waals surface area (Å²) < 4.78 is 0.733. The third-order valence-corrected chi connectivity index (χ3v) is 4.64. The van der Waals surface area contributed by atoms with E-state index in [1.54, 1.807) is 0 Å². The van der Waals surface area contributed by atoms with Gasteiger partial charge in [-0.05, 0) is 56.7 Å². The minimum Gasteiger partial charge on any atom is -0.385 e. The van der Waals surface area contributed by atoms with Crippen LogP contribution in [0.2, 0.25) is 4.34 Å². The van der Waals surface area contributed by atoms with Crippen LogP contribution >= 0.6 is 22.9 Å². The first-order valence-corrected chi connectivity index (χ1v) is 8.11. The van der Waals surface area contributed by atoms with E-state index < -0.39 is 0 Å². The van der Waals surface area contributed by atoms with Crippen molar-refractivity contribution in [2.45, 2.75) is 26.8 Å². The molecule has 2 aromatic rings. The van der Waals surface area contributed by atoms with E-state index in [0.29, 0.717) is 5.56 Å². The van der Waals surface area contributed by atoms with Gasteiger partial charge in [0.05, 0.1) is 10.4 Å². The fourth-order valence-electron chi connectivity index (χ4n) is 2.11. The SMILES string of the molecule is CCNc1ccc(C(=O)NC(C)c2ccc(Cl)s2)cc1C. The molecule has 0 bridgehead atoms. The normalized spacial score (nSPS) is 12.0. The van der Waals surface area contributed by atoms with Crippen LogP contribution in [0, 0.1) is 6.92 Å². The number of nitrogens with one attached hydrogen (secondary N) is 2. The first-order chi connectivity index (χ1) is 10.0. The quantitative estimate of drug-likeness (QED) is 0.842. The van der Waals surface area contributed by atoms with Crippen LogP contribution in [0.5, 0.6) is 0 Å². The third kappa shape index (κ3) is 3.99. The lowest BCUT2D eigenvalue weighted by atomic mass is 10.1. The Hall–Kier alpha value is -1.52. The maximum absolute atomic E-state index is 12.3. The van der Waals surface area contributed by atoms with Crippen LogP contribution in [-0.2, 0) is 0 Å². The van der Waals surface area contributed by atoms with Crippen molar-refractivity contribution in [2.75, 3.05) is 11.9 Å². The molecule has 0 aliphatic rings. The second-order valence-electron chi connectivity index (χ2n) is 4.90. The fraction of sp³-hybridized carbons (Fsp3) is 0.312. The average Bonchev–Trinajstić information content (AvgIpc) is 2.88. The summed E-state index contributed by atoms with van der Waals surface area (Å²) in [5.74, 6) is -0.0711. The summed E-state index contributed by atoms with van der Waals surface area (Å²) in [6, 6.07) is 9.43. The number of amides is 1. The number of carbonyl (C=O) groups excluding carboxylic acids is 1. The van der Waals surface area contributed by atoms with Crippen molar-refractivity contribution >= 4 is 34.5 Å². The maximum atomic E-state index is 12.3. The van der Waals surface area contributed by atoms with E-state index in [-0.39, 0.29) is 11.9 Å². The highest BCUT2D eigenvalue weighted by Gasteiger charge is 2.13. The van der Waals surface area contributed by atoms with E-state index in [4.69, 9.17) is 11.6 Å². The van der Waals surface area contributed by atoms with Gasteiger partial charge in [-0.15, -0.1) is 11.3 Å². The van der Waals surface area contributed by atoms with Crippen molar-refractivity contribution in [2.24, 2.45) is 0 Å². The molecule has 2 rings (SSSR count). The number of rotatable bonds is 5. The van der Waals surface area contributed by atoms with E-state index in [9.17, 15) is 4.79 Å². The number of hydrogen-bond acceptors (Lipinski definition) is 3. The van der Waals surface area contributed by atoms with Crippen molar-refractivity contribution in [3.8, 4) is 0 Å². The zero-order valence-electron chi connectivity index (χ0n) is 12.4. The molecule has 1 aromatic carbocycles. The number of benzene rings is 1. The monoisotopic (exact) mass is 322 g/mol. The van der Waals surface area contributed by atoms with Crippen molar-refractivity contribution in [3.63, 3.8) is 0 Å². The lowest BCUT2D eigenvalue weighted by Gasteiger charge is -2.14. The molecule has 0 aliphatic heterocycles. The fourth-order valence-corrected chi connectivity index (χ4v) is 3.17. The molecular formula is C16H19ClN2OS. The van der Waals surface area contributed by atoms with E-state index >= 15 is 0 Å². The molecule has 1 unspecified atom stereocenters. The molecule has 0 aliphatic carbocycles. The molecule has 112 valence electrons. The molecule has 1 amide bonds. The first-order valence-electron chi connectivity index (χ1n) is 6.92. The number of carbonyl (C=O) groups is 1. The summed E-state index contributed by atoms with van der Waals surface area (Å²) >= 11 is 7.41. The van der Waals surface area contributed by atoms with E-state index in [2.05, 4.69) is 10.6 Å². The number of anilines is 1. The first kappa shape index (κ1) is 15.9. The zero-order chi connectivity index (χ0) is 15.4. The Bertz CT molecular complexity index is 639. The summed E-state index contributed by atoms with van der Waals surface area (Å²) in [6.07, 6.45) is 0. The molecule has 0 fully saturated rings. The lowest BCUT2D eigenvalue weighted by molar-refractivity contribution is 0.0940. The van der Waals surface area contributed by atoms with Crippen molar-refractivity contribution in [1.82, 2.24) is 5.32 Å². The summed E-state index contributed by atoms with van der Waals surface area (Å²) in [5, 5.41) is 6.26. The van der Waals surface area contributed by atoms with Gasteiger partial charge in [0, 0.05) is 22.7 Å². The molecule has 5 heteroatoms. The Morgan fingerprint density at radius 2 is 2.10 bits per heavy atom. The topological polar surface area (TPSA) is 41.1 Å². The van der Waals surface area contributed by atoms with Gasteiger partial charge < -0.3 is 10.6 Å². The van der Waals surface area contributed by atoms with Crippen LogP contribution in [0.25, 0.3) is 0 Å². The maximum Gasteiger partial charge on any atom is 0.251 e. The minimum absolute atomic E-state index is 0.0521. The third-order valence-electron chi connectivity index (χ3n) is 3.22.